The molecule has 8 nitrogen and oxygen atoms in total. The van der Waals surface area contributed by atoms with Crippen molar-refractivity contribution >= 4 is 17.8 Å². The van der Waals surface area contributed by atoms with Gasteiger partial charge in [-0.2, -0.15) is 0 Å². The van der Waals surface area contributed by atoms with Crippen molar-refractivity contribution in [1.29, 1.82) is 0 Å². The fourth-order valence-corrected chi connectivity index (χ4v) is 5.83. The highest BCUT2D eigenvalue weighted by Crippen LogP contribution is 2.59. The SMILES string of the molecule is C=CCCCCOC(=O)[C@@H]1[C@@H]2CCC3(O2)C(C(=O)N(CC=C)C(C)(C)C)N([C@H](C)CO)C(=O)[C@H]13. The van der Waals surface area contributed by atoms with E-state index in [0.29, 0.717) is 19.4 Å². The molecular weight excluding hydrogens is 436 g/mol. The van der Waals surface area contributed by atoms with Crippen LogP contribution in [0.5, 0.6) is 0 Å². The van der Waals surface area contributed by atoms with Crippen molar-refractivity contribution in [2.75, 3.05) is 19.8 Å². The molecule has 3 aliphatic heterocycles. The van der Waals surface area contributed by atoms with E-state index in [4.69, 9.17) is 9.47 Å². The number of unbranched alkanes of at least 4 members (excludes halogenated alkanes) is 2. The van der Waals surface area contributed by atoms with E-state index in [-0.39, 0.29) is 25.0 Å². The van der Waals surface area contributed by atoms with Crippen LogP contribution in [-0.2, 0) is 23.9 Å². The molecule has 2 bridgehead atoms. The van der Waals surface area contributed by atoms with Gasteiger partial charge in [-0.1, -0.05) is 12.2 Å². The Hall–Kier alpha value is -2.19. The molecule has 1 spiro atoms. The molecule has 2 unspecified atom stereocenters. The lowest BCUT2D eigenvalue weighted by molar-refractivity contribution is -0.157. The van der Waals surface area contributed by atoms with E-state index in [9.17, 15) is 19.5 Å². The minimum absolute atomic E-state index is 0.248. The number of esters is 1. The molecule has 8 heteroatoms. The topological polar surface area (TPSA) is 96.4 Å². The quantitative estimate of drug-likeness (QED) is 0.280. The van der Waals surface area contributed by atoms with Crippen LogP contribution in [0.2, 0.25) is 0 Å². The number of nitrogens with zero attached hydrogens (tertiary/aromatic N) is 2. The Morgan fingerprint density at radius 1 is 1.32 bits per heavy atom. The molecule has 0 saturated carbocycles. The van der Waals surface area contributed by atoms with Gasteiger partial charge in [0.1, 0.15) is 11.6 Å². The predicted octanol–water partition coefficient (Wildman–Crippen LogP) is 2.45. The van der Waals surface area contributed by atoms with Gasteiger partial charge < -0.3 is 24.4 Å². The third kappa shape index (κ3) is 4.42. The summed E-state index contributed by atoms with van der Waals surface area (Å²) in [7, 11) is 0. The molecule has 3 rings (SSSR count). The van der Waals surface area contributed by atoms with E-state index in [2.05, 4.69) is 13.2 Å². The van der Waals surface area contributed by atoms with Crippen molar-refractivity contribution in [2.45, 2.75) is 89.1 Å². The lowest BCUT2D eigenvalue weighted by atomic mass is 9.70. The van der Waals surface area contributed by atoms with Gasteiger partial charge in [0.15, 0.2) is 0 Å². The first kappa shape index (κ1) is 26.4. The summed E-state index contributed by atoms with van der Waals surface area (Å²) in [6.07, 6.45) is 6.58. The van der Waals surface area contributed by atoms with Gasteiger partial charge in [-0.3, -0.25) is 14.4 Å². The van der Waals surface area contributed by atoms with Gasteiger partial charge in [0.2, 0.25) is 11.8 Å². The summed E-state index contributed by atoms with van der Waals surface area (Å²) < 4.78 is 12.0. The van der Waals surface area contributed by atoms with E-state index in [1.54, 1.807) is 17.9 Å². The molecule has 0 aliphatic carbocycles. The highest BCUT2D eigenvalue weighted by molar-refractivity contribution is 5.98. The summed E-state index contributed by atoms with van der Waals surface area (Å²) >= 11 is 0. The van der Waals surface area contributed by atoms with Gasteiger partial charge in [-0.15, -0.1) is 13.2 Å². The Kier molecular flexibility index (Phi) is 7.92. The summed E-state index contributed by atoms with van der Waals surface area (Å²) in [6, 6.07) is -1.51. The molecule has 2 amide bonds. The average Bonchev–Trinajstić information content (AvgIpc) is 3.42. The van der Waals surface area contributed by atoms with E-state index >= 15 is 0 Å². The molecule has 0 aromatic rings. The zero-order valence-electron chi connectivity index (χ0n) is 21.0. The number of amides is 2. The zero-order valence-corrected chi connectivity index (χ0v) is 21.0. The fraction of sp³-hybridized carbons (Fsp3) is 0.731. The smallest absolute Gasteiger partial charge is 0.312 e. The number of rotatable bonds is 11. The number of carbonyl (C=O) groups is 3. The third-order valence-corrected chi connectivity index (χ3v) is 7.42. The minimum atomic E-state index is -1.10. The molecule has 0 radical (unpaired) electrons. The first-order valence-corrected chi connectivity index (χ1v) is 12.4. The second kappa shape index (κ2) is 10.2. The molecule has 3 heterocycles. The van der Waals surface area contributed by atoms with Crippen LogP contribution in [0.25, 0.3) is 0 Å². The standard InChI is InChI=1S/C26H40N2O6/c1-7-9-10-11-15-33-24(32)19-18-12-13-26(34-18)20(19)22(30)28(17(3)16-29)21(26)23(31)27(14-8-2)25(4,5)6/h7-8,17-21,29H,1-2,9-16H2,3-6H3/t17-,18+,19-,20+,21?,26?/m1/s1. The van der Waals surface area contributed by atoms with Crippen LogP contribution in [-0.4, -0.2) is 81.8 Å². The molecule has 3 aliphatic rings. The van der Waals surface area contributed by atoms with Crippen LogP contribution in [0.15, 0.2) is 25.3 Å². The molecule has 3 fully saturated rings. The highest BCUT2D eigenvalue weighted by atomic mass is 16.6. The summed E-state index contributed by atoms with van der Waals surface area (Å²) in [4.78, 5) is 44.1. The second-order valence-electron chi connectivity index (χ2n) is 10.7. The number of aliphatic hydroxyl groups is 1. The Balaban J connectivity index is 1.93. The molecule has 3 saturated heterocycles. The largest absolute Gasteiger partial charge is 0.465 e. The second-order valence-corrected chi connectivity index (χ2v) is 10.7. The van der Waals surface area contributed by atoms with Gasteiger partial charge in [0, 0.05) is 12.1 Å². The number of ether oxygens (including phenoxy) is 2. The van der Waals surface area contributed by atoms with Crippen LogP contribution in [0.4, 0.5) is 0 Å². The van der Waals surface area contributed by atoms with Crippen molar-refractivity contribution in [3.8, 4) is 0 Å². The predicted molar refractivity (Wildman–Crippen MR) is 128 cm³/mol. The lowest BCUT2D eigenvalue weighted by Crippen LogP contribution is -2.61. The van der Waals surface area contributed by atoms with Gasteiger partial charge >= 0.3 is 5.97 Å². The van der Waals surface area contributed by atoms with Crippen LogP contribution in [0.3, 0.4) is 0 Å². The molecule has 190 valence electrons. The molecule has 6 atom stereocenters. The van der Waals surface area contributed by atoms with Crippen molar-refractivity contribution in [3.63, 3.8) is 0 Å². The third-order valence-electron chi connectivity index (χ3n) is 7.42. The molecule has 0 aromatic carbocycles. The first-order chi connectivity index (χ1) is 16.0. The monoisotopic (exact) mass is 476 g/mol. The highest BCUT2D eigenvalue weighted by Gasteiger charge is 2.75. The number of hydrogen-bond donors (Lipinski definition) is 1. The van der Waals surface area contributed by atoms with Gasteiger partial charge in [-0.05, 0) is 59.8 Å². The molecular formula is C26H40N2O6. The Morgan fingerprint density at radius 2 is 2.03 bits per heavy atom. The normalized spacial score (nSPS) is 30.7. The maximum Gasteiger partial charge on any atom is 0.312 e. The Labute approximate surface area is 202 Å². The first-order valence-electron chi connectivity index (χ1n) is 12.4. The maximum atomic E-state index is 14.0. The number of likely N-dealkylation sites (tertiary alicyclic amines) is 1. The van der Waals surface area contributed by atoms with Crippen LogP contribution in [0, 0.1) is 11.8 Å². The van der Waals surface area contributed by atoms with Crippen LogP contribution in [0.1, 0.15) is 59.8 Å². The number of allylic oxidation sites excluding steroid dienone is 1. The zero-order chi connectivity index (χ0) is 25.3. The summed E-state index contributed by atoms with van der Waals surface area (Å²) in [5.41, 5.74) is -1.61. The molecule has 0 aromatic heterocycles. The Morgan fingerprint density at radius 3 is 2.62 bits per heavy atom. The van der Waals surface area contributed by atoms with Crippen molar-refractivity contribution in [3.05, 3.63) is 25.3 Å². The van der Waals surface area contributed by atoms with E-state index < -0.39 is 47.1 Å². The average molecular weight is 477 g/mol. The number of hydrogen-bond acceptors (Lipinski definition) is 6. The van der Waals surface area contributed by atoms with Gasteiger partial charge in [0.25, 0.3) is 0 Å². The summed E-state index contributed by atoms with van der Waals surface area (Å²) in [5.74, 6) is -2.53. The van der Waals surface area contributed by atoms with Crippen molar-refractivity contribution in [2.24, 2.45) is 11.8 Å². The van der Waals surface area contributed by atoms with Crippen molar-refractivity contribution < 1.29 is 29.0 Å². The van der Waals surface area contributed by atoms with Gasteiger partial charge in [0.05, 0.1) is 37.2 Å². The number of carbonyl (C=O) groups excluding carboxylic acids is 3. The van der Waals surface area contributed by atoms with E-state index in [1.807, 2.05) is 26.8 Å². The van der Waals surface area contributed by atoms with Gasteiger partial charge in [-0.25, -0.2) is 0 Å². The number of fused-ring (bicyclic) bond motifs is 1. The summed E-state index contributed by atoms with van der Waals surface area (Å²) in [6.45, 7) is 15.3. The lowest BCUT2D eigenvalue weighted by Gasteiger charge is -2.43. The van der Waals surface area contributed by atoms with E-state index in [0.717, 1.165) is 19.3 Å². The molecule has 34 heavy (non-hydrogen) atoms. The minimum Gasteiger partial charge on any atom is -0.465 e. The van der Waals surface area contributed by atoms with E-state index in [1.165, 1.54) is 4.90 Å². The van der Waals surface area contributed by atoms with Crippen LogP contribution >= 0.6 is 0 Å². The van der Waals surface area contributed by atoms with Crippen molar-refractivity contribution in [1.82, 2.24) is 9.80 Å². The summed E-state index contributed by atoms with van der Waals surface area (Å²) in [5, 5.41) is 9.93. The number of aliphatic hydroxyl groups excluding tert-OH is 1. The Bertz CT molecular complexity index is 821. The van der Waals surface area contributed by atoms with Crippen LogP contribution < -0.4 is 0 Å². The fourth-order valence-electron chi connectivity index (χ4n) is 5.83. The maximum absolute atomic E-state index is 14.0. The molecule has 1 N–H and O–H groups in total.